The molecule has 1 aliphatic rings. The van der Waals surface area contributed by atoms with Gasteiger partial charge < -0.3 is 10.1 Å². The van der Waals surface area contributed by atoms with Gasteiger partial charge >= 0.3 is 0 Å². The Kier molecular flexibility index (Phi) is 3.76. The molecule has 114 valence electrons. The fraction of sp³-hybridized carbons (Fsp3) is 0.235. The highest BCUT2D eigenvalue weighted by atomic mass is 32.1. The molecule has 2 N–H and O–H groups in total. The molecule has 1 aliphatic heterocycles. The predicted molar refractivity (Wildman–Crippen MR) is 92.9 cm³/mol. The van der Waals surface area contributed by atoms with E-state index in [1.54, 1.807) is 7.11 Å². The number of hydrogen-bond donors (Lipinski definition) is 2. The van der Waals surface area contributed by atoms with Crippen molar-refractivity contribution in [3.8, 4) is 5.75 Å². The monoisotopic (exact) mass is 313 g/mol. The van der Waals surface area contributed by atoms with E-state index in [1.807, 2.05) is 41.4 Å². The number of benzene rings is 2. The Balaban J connectivity index is 1.90. The molecular weight excluding hydrogens is 294 g/mol. The number of hydrogen-bond acceptors (Lipinski definition) is 3. The first-order valence-electron chi connectivity index (χ1n) is 7.13. The molecule has 1 saturated heterocycles. The second kappa shape index (κ2) is 5.59. The summed E-state index contributed by atoms with van der Waals surface area (Å²) in [6.07, 6.45) is 0. The van der Waals surface area contributed by atoms with Gasteiger partial charge in [-0.1, -0.05) is 29.8 Å². The zero-order chi connectivity index (χ0) is 15.7. The standard InChI is InChI=1S/C17H19N3OS/c1-12-7-9-14(10-8-12)20-16(22)18-17(2,19-20)13-5-4-6-15(11-13)21-3/h4-11,19H,1-3H3,(H,18,22). The number of aryl methyl sites for hydroxylation is 1. The summed E-state index contributed by atoms with van der Waals surface area (Å²) in [6, 6.07) is 16.2. The number of ether oxygens (including phenoxy) is 1. The van der Waals surface area contributed by atoms with E-state index in [9.17, 15) is 0 Å². The van der Waals surface area contributed by atoms with Crippen LogP contribution in [0.3, 0.4) is 0 Å². The van der Waals surface area contributed by atoms with Gasteiger partial charge in [-0.3, -0.25) is 0 Å². The average Bonchev–Trinajstić information content (AvgIpc) is 2.84. The molecule has 3 rings (SSSR count). The van der Waals surface area contributed by atoms with E-state index in [2.05, 4.69) is 36.7 Å². The Morgan fingerprint density at radius 3 is 2.55 bits per heavy atom. The van der Waals surface area contributed by atoms with Crippen molar-refractivity contribution in [1.82, 2.24) is 10.7 Å². The van der Waals surface area contributed by atoms with E-state index in [-0.39, 0.29) is 0 Å². The van der Waals surface area contributed by atoms with Gasteiger partial charge in [-0.25, -0.2) is 5.01 Å². The molecule has 0 radical (unpaired) electrons. The van der Waals surface area contributed by atoms with Crippen molar-refractivity contribution in [3.05, 3.63) is 59.7 Å². The molecule has 0 aliphatic carbocycles. The third-order valence-electron chi connectivity index (χ3n) is 3.83. The summed E-state index contributed by atoms with van der Waals surface area (Å²) in [6.45, 7) is 4.13. The van der Waals surface area contributed by atoms with E-state index < -0.39 is 5.66 Å². The smallest absolute Gasteiger partial charge is 0.190 e. The predicted octanol–water partition coefficient (Wildman–Crippen LogP) is 3.08. The van der Waals surface area contributed by atoms with Gasteiger partial charge in [-0.15, -0.1) is 0 Å². The molecule has 0 amide bonds. The summed E-state index contributed by atoms with van der Waals surface area (Å²) < 4.78 is 5.31. The molecule has 5 heteroatoms. The number of hydrazine groups is 1. The highest BCUT2D eigenvalue weighted by Crippen LogP contribution is 2.28. The molecule has 1 fully saturated rings. The zero-order valence-electron chi connectivity index (χ0n) is 12.9. The minimum Gasteiger partial charge on any atom is -0.497 e. The van der Waals surface area contributed by atoms with Gasteiger partial charge in [0, 0.05) is 0 Å². The Hall–Kier alpha value is -2.11. The molecular formula is C17H19N3OS. The molecule has 22 heavy (non-hydrogen) atoms. The van der Waals surface area contributed by atoms with E-state index in [1.165, 1.54) is 5.56 Å². The van der Waals surface area contributed by atoms with Crippen LogP contribution in [-0.2, 0) is 5.66 Å². The Morgan fingerprint density at radius 1 is 1.14 bits per heavy atom. The molecule has 0 aromatic heterocycles. The topological polar surface area (TPSA) is 36.5 Å². The van der Waals surface area contributed by atoms with Gasteiger partial charge in [0.25, 0.3) is 0 Å². The SMILES string of the molecule is COc1cccc(C2(C)NC(=S)N(c3ccc(C)cc3)N2)c1. The second-order valence-corrected chi connectivity index (χ2v) is 5.96. The lowest BCUT2D eigenvalue weighted by molar-refractivity contribution is 0.381. The Morgan fingerprint density at radius 2 is 1.86 bits per heavy atom. The summed E-state index contributed by atoms with van der Waals surface area (Å²) in [4.78, 5) is 0. The van der Waals surface area contributed by atoms with Crippen molar-refractivity contribution in [2.75, 3.05) is 12.1 Å². The number of methoxy groups -OCH3 is 1. The van der Waals surface area contributed by atoms with Gasteiger partial charge in [0.1, 0.15) is 11.4 Å². The lowest BCUT2D eigenvalue weighted by atomic mass is 10.0. The maximum Gasteiger partial charge on any atom is 0.190 e. The summed E-state index contributed by atoms with van der Waals surface area (Å²) in [5.74, 6) is 0.821. The highest BCUT2D eigenvalue weighted by Gasteiger charge is 2.38. The quantitative estimate of drug-likeness (QED) is 0.852. The minimum atomic E-state index is -0.476. The van der Waals surface area contributed by atoms with Crippen LogP contribution in [0.15, 0.2) is 48.5 Å². The summed E-state index contributed by atoms with van der Waals surface area (Å²) in [5, 5.41) is 5.90. The van der Waals surface area contributed by atoms with Gasteiger partial charge in [-0.2, -0.15) is 5.43 Å². The van der Waals surface area contributed by atoms with Crippen molar-refractivity contribution in [2.24, 2.45) is 0 Å². The van der Waals surface area contributed by atoms with Gasteiger partial charge in [0.05, 0.1) is 12.8 Å². The van der Waals surface area contributed by atoms with Crippen LogP contribution in [0.25, 0.3) is 0 Å². The van der Waals surface area contributed by atoms with Crippen LogP contribution in [0.4, 0.5) is 5.69 Å². The van der Waals surface area contributed by atoms with Gasteiger partial charge in [0.15, 0.2) is 5.11 Å². The van der Waals surface area contributed by atoms with Crippen LogP contribution in [-0.4, -0.2) is 12.2 Å². The first-order chi connectivity index (χ1) is 10.5. The van der Waals surface area contributed by atoms with Crippen molar-refractivity contribution >= 4 is 23.0 Å². The van der Waals surface area contributed by atoms with Crippen molar-refractivity contribution in [2.45, 2.75) is 19.5 Å². The number of nitrogens with zero attached hydrogens (tertiary/aromatic N) is 1. The molecule has 2 aromatic rings. The van der Waals surface area contributed by atoms with E-state index in [0.717, 1.165) is 17.0 Å². The molecule has 1 heterocycles. The maximum absolute atomic E-state index is 5.49. The minimum absolute atomic E-state index is 0.476. The number of anilines is 1. The highest BCUT2D eigenvalue weighted by molar-refractivity contribution is 7.80. The van der Waals surface area contributed by atoms with Crippen molar-refractivity contribution in [3.63, 3.8) is 0 Å². The van der Waals surface area contributed by atoms with Crippen LogP contribution in [0.5, 0.6) is 5.75 Å². The van der Waals surface area contributed by atoms with Gasteiger partial charge in [-0.05, 0) is 55.9 Å². The largest absolute Gasteiger partial charge is 0.497 e. The molecule has 0 spiro atoms. The van der Waals surface area contributed by atoms with Crippen molar-refractivity contribution < 1.29 is 4.74 Å². The van der Waals surface area contributed by atoms with E-state index in [0.29, 0.717) is 5.11 Å². The van der Waals surface area contributed by atoms with Crippen molar-refractivity contribution in [1.29, 1.82) is 0 Å². The number of rotatable bonds is 3. The Labute approximate surface area is 136 Å². The van der Waals surface area contributed by atoms with Crippen LogP contribution in [0, 0.1) is 6.92 Å². The average molecular weight is 313 g/mol. The molecule has 2 aromatic carbocycles. The number of nitrogens with one attached hydrogen (secondary N) is 2. The van der Waals surface area contributed by atoms with Crippen LogP contribution in [0.2, 0.25) is 0 Å². The van der Waals surface area contributed by atoms with Crippen LogP contribution < -0.4 is 20.5 Å². The molecule has 1 unspecified atom stereocenters. The van der Waals surface area contributed by atoms with E-state index >= 15 is 0 Å². The number of thiocarbonyl (C=S) groups is 1. The maximum atomic E-state index is 5.49. The Bertz CT molecular complexity index is 701. The molecule has 4 nitrogen and oxygen atoms in total. The summed E-state index contributed by atoms with van der Waals surface area (Å²) in [5.41, 5.74) is 6.26. The zero-order valence-corrected chi connectivity index (χ0v) is 13.7. The molecule has 0 saturated carbocycles. The fourth-order valence-corrected chi connectivity index (χ4v) is 2.87. The fourth-order valence-electron chi connectivity index (χ4n) is 2.52. The van der Waals surface area contributed by atoms with Crippen LogP contribution >= 0.6 is 12.2 Å². The second-order valence-electron chi connectivity index (χ2n) is 5.57. The summed E-state index contributed by atoms with van der Waals surface area (Å²) in [7, 11) is 1.67. The van der Waals surface area contributed by atoms with Gasteiger partial charge in [0.2, 0.25) is 0 Å². The molecule has 1 atom stereocenters. The summed E-state index contributed by atoms with van der Waals surface area (Å²) >= 11 is 5.49. The third kappa shape index (κ3) is 2.65. The lowest BCUT2D eigenvalue weighted by Crippen LogP contribution is -2.45. The first-order valence-corrected chi connectivity index (χ1v) is 7.54. The molecule has 0 bridgehead atoms. The lowest BCUT2D eigenvalue weighted by Gasteiger charge is -2.26. The van der Waals surface area contributed by atoms with Crippen LogP contribution in [0.1, 0.15) is 18.1 Å². The third-order valence-corrected chi connectivity index (χ3v) is 4.12. The first kappa shape index (κ1) is 14.8. The normalized spacial score (nSPS) is 20.9. The van der Waals surface area contributed by atoms with E-state index in [4.69, 9.17) is 17.0 Å².